The first-order chi connectivity index (χ1) is 12.2. The fourth-order valence-corrected chi connectivity index (χ4v) is 4.45. The number of hydrogen-bond acceptors (Lipinski definition) is 4. The van der Waals surface area contributed by atoms with Crippen molar-refractivity contribution >= 4 is 55.4 Å². The maximum absolute atomic E-state index is 12.1. The molecule has 0 aliphatic carbocycles. The van der Waals surface area contributed by atoms with Crippen molar-refractivity contribution < 1.29 is 8.42 Å². The van der Waals surface area contributed by atoms with Crippen molar-refractivity contribution in [1.82, 2.24) is 4.90 Å². The van der Waals surface area contributed by atoms with Gasteiger partial charge in [0.2, 0.25) is 15.0 Å². The van der Waals surface area contributed by atoms with Crippen LogP contribution in [0.5, 0.6) is 0 Å². The number of amidine groups is 1. The summed E-state index contributed by atoms with van der Waals surface area (Å²) in [4.78, 5) is 5.78. The molecule has 0 N–H and O–H groups in total. The summed E-state index contributed by atoms with van der Waals surface area (Å²) >= 11 is 18.4. The Balaban J connectivity index is 2.21. The van der Waals surface area contributed by atoms with Crippen LogP contribution >= 0.6 is 34.8 Å². The lowest BCUT2D eigenvalue weighted by atomic mass is 9.92. The molecule has 0 amide bonds. The maximum Gasteiger partial charge on any atom is 0.223 e. The predicted molar refractivity (Wildman–Crippen MR) is 109 cm³/mol. The van der Waals surface area contributed by atoms with Gasteiger partial charge < -0.3 is 4.90 Å². The fourth-order valence-electron chi connectivity index (χ4n) is 2.94. The molecule has 3 rings (SSSR count). The van der Waals surface area contributed by atoms with Crippen molar-refractivity contribution in [3.63, 3.8) is 0 Å². The standard InChI is InChI=1S/C18H15Cl3N2O2S/c1-23-17(14-8-7-13(20)9-16(14)21)15(10-22-18(23)26(2,24)25)11-3-5-12(19)6-4-11/h3-10,17H,1-2H3. The van der Waals surface area contributed by atoms with E-state index in [9.17, 15) is 8.42 Å². The molecule has 0 saturated carbocycles. The lowest BCUT2D eigenvalue weighted by molar-refractivity contribution is 0.448. The molecular formula is C18H15Cl3N2O2S. The molecule has 0 spiro atoms. The molecule has 0 aromatic heterocycles. The molecular weight excluding hydrogens is 415 g/mol. The molecule has 0 saturated heterocycles. The third kappa shape index (κ3) is 3.76. The summed E-state index contributed by atoms with van der Waals surface area (Å²) in [6.45, 7) is 0. The molecule has 136 valence electrons. The van der Waals surface area contributed by atoms with E-state index >= 15 is 0 Å². The number of nitrogens with zero attached hydrogens (tertiary/aromatic N) is 2. The highest BCUT2D eigenvalue weighted by atomic mass is 35.5. The lowest BCUT2D eigenvalue weighted by Crippen LogP contribution is -2.38. The Morgan fingerprint density at radius 3 is 2.19 bits per heavy atom. The Kier molecular flexibility index (Phi) is 5.35. The first-order valence-electron chi connectivity index (χ1n) is 7.60. The van der Waals surface area contributed by atoms with Crippen LogP contribution in [0.4, 0.5) is 0 Å². The van der Waals surface area contributed by atoms with Gasteiger partial charge in [-0.1, -0.05) is 53.0 Å². The van der Waals surface area contributed by atoms with Gasteiger partial charge in [-0.25, -0.2) is 13.4 Å². The fraction of sp³-hybridized carbons (Fsp3) is 0.167. The molecule has 4 nitrogen and oxygen atoms in total. The van der Waals surface area contributed by atoms with Gasteiger partial charge in [0.05, 0.1) is 6.04 Å². The van der Waals surface area contributed by atoms with Crippen LogP contribution in [0.15, 0.2) is 53.7 Å². The highest BCUT2D eigenvalue weighted by Crippen LogP contribution is 2.41. The van der Waals surface area contributed by atoms with Crippen LogP contribution in [0, 0.1) is 0 Å². The van der Waals surface area contributed by atoms with E-state index in [1.807, 2.05) is 12.1 Å². The van der Waals surface area contributed by atoms with Crippen molar-refractivity contribution in [2.75, 3.05) is 13.3 Å². The van der Waals surface area contributed by atoms with Gasteiger partial charge in [-0.2, -0.15) is 0 Å². The van der Waals surface area contributed by atoms with Crippen LogP contribution < -0.4 is 0 Å². The van der Waals surface area contributed by atoms with Crippen LogP contribution in [0.3, 0.4) is 0 Å². The van der Waals surface area contributed by atoms with Gasteiger partial charge in [0.15, 0.2) is 0 Å². The largest absolute Gasteiger partial charge is 0.339 e. The molecule has 1 heterocycles. The highest BCUT2D eigenvalue weighted by molar-refractivity contribution is 8.05. The minimum atomic E-state index is -3.51. The van der Waals surface area contributed by atoms with E-state index in [2.05, 4.69) is 4.99 Å². The zero-order chi connectivity index (χ0) is 19.1. The molecule has 1 aliphatic heterocycles. The van der Waals surface area contributed by atoms with Crippen molar-refractivity contribution in [2.24, 2.45) is 4.99 Å². The zero-order valence-corrected chi connectivity index (χ0v) is 17.0. The van der Waals surface area contributed by atoms with Crippen molar-refractivity contribution in [3.8, 4) is 0 Å². The molecule has 8 heteroatoms. The smallest absolute Gasteiger partial charge is 0.223 e. The van der Waals surface area contributed by atoms with Crippen molar-refractivity contribution in [3.05, 3.63) is 74.9 Å². The maximum atomic E-state index is 12.1. The van der Waals surface area contributed by atoms with E-state index in [1.165, 1.54) is 0 Å². The topological polar surface area (TPSA) is 49.7 Å². The average Bonchev–Trinajstić information content (AvgIpc) is 2.55. The van der Waals surface area contributed by atoms with Crippen LogP contribution in [0.25, 0.3) is 5.57 Å². The Hall–Kier alpha value is -1.53. The van der Waals surface area contributed by atoms with Gasteiger partial charge in [-0.05, 0) is 35.4 Å². The minimum Gasteiger partial charge on any atom is -0.339 e. The van der Waals surface area contributed by atoms with Crippen molar-refractivity contribution in [1.29, 1.82) is 0 Å². The van der Waals surface area contributed by atoms with Gasteiger partial charge in [-0.15, -0.1) is 0 Å². The van der Waals surface area contributed by atoms with E-state index < -0.39 is 15.9 Å². The summed E-state index contributed by atoms with van der Waals surface area (Å²) in [6, 6.07) is 12.0. The van der Waals surface area contributed by atoms with Gasteiger partial charge >= 0.3 is 0 Å². The first-order valence-corrected chi connectivity index (χ1v) is 10.6. The second-order valence-corrected chi connectivity index (χ2v) is 9.14. The molecule has 0 bridgehead atoms. The third-order valence-electron chi connectivity index (χ3n) is 4.06. The summed E-state index contributed by atoms with van der Waals surface area (Å²) in [5.41, 5.74) is 2.41. The third-order valence-corrected chi connectivity index (χ3v) is 5.94. The van der Waals surface area contributed by atoms with Gasteiger partial charge in [-0.3, -0.25) is 0 Å². The monoisotopic (exact) mass is 428 g/mol. The van der Waals surface area contributed by atoms with Crippen molar-refractivity contribution in [2.45, 2.75) is 6.04 Å². The quantitative estimate of drug-likeness (QED) is 0.669. The highest BCUT2D eigenvalue weighted by Gasteiger charge is 2.33. The van der Waals surface area contributed by atoms with E-state index in [4.69, 9.17) is 34.8 Å². The predicted octanol–water partition coefficient (Wildman–Crippen LogP) is 5.08. The van der Waals surface area contributed by atoms with E-state index in [0.717, 1.165) is 23.0 Å². The number of halogens is 3. The number of aliphatic imine (C=N–C) groups is 1. The van der Waals surface area contributed by atoms with Crippen LogP contribution in [-0.4, -0.2) is 31.8 Å². The normalized spacial score (nSPS) is 17.7. The second-order valence-electron chi connectivity index (χ2n) is 5.95. The molecule has 2 aromatic rings. The van der Waals surface area contributed by atoms with Gasteiger partial charge in [0, 0.05) is 40.1 Å². The first kappa shape index (κ1) is 19.2. The molecule has 1 aliphatic rings. The molecule has 0 radical (unpaired) electrons. The van der Waals surface area contributed by atoms with E-state index in [1.54, 1.807) is 48.5 Å². The Bertz CT molecular complexity index is 1020. The van der Waals surface area contributed by atoms with Gasteiger partial charge in [0.1, 0.15) is 0 Å². The number of hydrogen-bond donors (Lipinski definition) is 0. The number of sulfone groups is 1. The van der Waals surface area contributed by atoms with Crippen LogP contribution in [0.2, 0.25) is 15.1 Å². The summed E-state index contributed by atoms with van der Waals surface area (Å²) < 4.78 is 24.3. The number of benzene rings is 2. The molecule has 1 atom stereocenters. The molecule has 26 heavy (non-hydrogen) atoms. The Labute approximate surface area is 167 Å². The van der Waals surface area contributed by atoms with E-state index in [-0.39, 0.29) is 5.17 Å². The molecule has 2 aromatic carbocycles. The number of rotatable bonds is 2. The molecule has 0 fully saturated rings. The van der Waals surface area contributed by atoms with Crippen LogP contribution in [-0.2, 0) is 9.84 Å². The van der Waals surface area contributed by atoms with E-state index in [0.29, 0.717) is 15.1 Å². The summed E-state index contributed by atoms with van der Waals surface area (Å²) in [7, 11) is -1.83. The summed E-state index contributed by atoms with van der Waals surface area (Å²) in [5.74, 6) is 0. The Morgan fingerprint density at radius 2 is 1.62 bits per heavy atom. The van der Waals surface area contributed by atoms with Crippen LogP contribution in [0.1, 0.15) is 17.2 Å². The summed E-state index contributed by atoms with van der Waals surface area (Å²) in [5, 5.41) is 1.54. The molecule has 1 unspecified atom stereocenters. The second kappa shape index (κ2) is 7.24. The number of likely N-dealkylation sites (N-methyl/N-ethyl adjacent to an activating group) is 1. The average molecular weight is 430 g/mol. The lowest BCUT2D eigenvalue weighted by Gasteiger charge is -2.35. The minimum absolute atomic E-state index is 0.0220. The van der Waals surface area contributed by atoms with Gasteiger partial charge in [0.25, 0.3) is 0 Å². The zero-order valence-electron chi connectivity index (χ0n) is 13.9. The SMILES string of the molecule is CN1C(S(C)(=O)=O)=NC=C(c2ccc(Cl)cc2)C1c1ccc(Cl)cc1Cl. The summed E-state index contributed by atoms with van der Waals surface area (Å²) in [6.07, 6.45) is 2.69. The Morgan fingerprint density at radius 1 is 1.00 bits per heavy atom.